The predicted molar refractivity (Wildman–Crippen MR) is 32.5 cm³/mol. The molecule has 0 aromatic carbocycles. The number of nitrogens with two attached hydrogens (primary N) is 1. The summed E-state index contributed by atoms with van der Waals surface area (Å²) in [4.78, 5) is 2.12. The van der Waals surface area contributed by atoms with E-state index in [0.717, 1.165) is 19.6 Å². The normalized spacial score (nSPS) is 33.0. The summed E-state index contributed by atoms with van der Waals surface area (Å²) in [5.74, 6) is 0. The highest BCUT2D eigenvalue weighted by Gasteiger charge is 2.13. The molecule has 1 saturated heterocycles. The first kappa shape index (κ1) is 6.01. The second-order valence-corrected chi connectivity index (χ2v) is 2.18. The third-order valence-electron chi connectivity index (χ3n) is 1.49. The van der Waals surface area contributed by atoms with E-state index in [4.69, 9.17) is 5.73 Å². The molecule has 0 saturated carbocycles. The lowest BCUT2D eigenvalue weighted by atomic mass is 10.3. The van der Waals surface area contributed by atoms with E-state index in [2.05, 4.69) is 10.2 Å². The van der Waals surface area contributed by atoms with Crippen molar-refractivity contribution in [1.29, 1.82) is 0 Å². The smallest absolute Gasteiger partial charge is 0.0715 e. The van der Waals surface area contributed by atoms with Gasteiger partial charge >= 0.3 is 0 Å². The largest absolute Gasteiger partial charge is 0.315 e. The summed E-state index contributed by atoms with van der Waals surface area (Å²) < 4.78 is 0. The fourth-order valence-corrected chi connectivity index (χ4v) is 0.757. The lowest BCUT2D eigenvalue weighted by molar-refractivity contribution is 0.202. The van der Waals surface area contributed by atoms with Crippen LogP contribution in [0.5, 0.6) is 0 Å². The zero-order valence-corrected chi connectivity index (χ0v) is 5.17. The lowest BCUT2D eigenvalue weighted by Gasteiger charge is -2.28. The molecule has 1 heterocycles. The van der Waals surface area contributed by atoms with Crippen LogP contribution in [0.2, 0.25) is 0 Å². The van der Waals surface area contributed by atoms with E-state index in [9.17, 15) is 0 Å². The molecule has 1 rings (SSSR count). The summed E-state index contributed by atoms with van der Waals surface area (Å²) >= 11 is 0. The van der Waals surface area contributed by atoms with Gasteiger partial charge in [-0.3, -0.25) is 4.90 Å². The van der Waals surface area contributed by atoms with Gasteiger partial charge in [-0.05, 0) is 7.05 Å². The van der Waals surface area contributed by atoms with E-state index < -0.39 is 0 Å². The Labute approximate surface area is 49.8 Å². The molecule has 0 spiro atoms. The Morgan fingerprint density at radius 3 is 2.88 bits per heavy atom. The molecule has 0 aromatic heterocycles. The summed E-state index contributed by atoms with van der Waals surface area (Å²) in [6, 6.07) is 0. The molecule has 47 valence electrons. The third kappa shape index (κ3) is 1.18. The minimum atomic E-state index is 0.170. The Hall–Kier alpha value is -0.120. The van der Waals surface area contributed by atoms with Gasteiger partial charge in [-0.1, -0.05) is 0 Å². The average Bonchev–Trinajstić information content (AvgIpc) is 1.77. The Morgan fingerprint density at radius 2 is 2.50 bits per heavy atom. The maximum Gasteiger partial charge on any atom is 0.0715 e. The van der Waals surface area contributed by atoms with Crippen LogP contribution in [0.3, 0.4) is 0 Å². The number of rotatable bonds is 0. The molecule has 1 atom stereocenters. The van der Waals surface area contributed by atoms with Gasteiger partial charge in [-0.2, -0.15) is 0 Å². The van der Waals surface area contributed by atoms with Crippen molar-refractivity contribution < 1.29 is 0 Å². The van der Waals surface area contributed by atoms with Gasteiger partial charge in [-0.25, -0.2) is 5.32 Å². The second-order valence-electron chi connectivity index (χ2n) is 2.18. The lowest BCUT2D eigenvalue weighted by Crippen LogP contribution is -2.51. The fourth-order valence-electron chi connectivity index (χ4n) is 0.757. The highest BCUT2D eigenvalue weighted by Crippen LogP contribution is 1.91. The van der Waals surface area contributed by atoms with Gasteiger partial charge in [0, 0.05) is 19.6 Å². The van der Waals surface area contributed by atoms with Crippen molar-refractivity contribution in [2.24, 2.45) is 5.73 Å². The van der Waals surface area contributed by atoms with Gasteiger partial charge in [0.05, 0.1) is 6.17 Å². The molecule has 8 heavy (non-hydrogen) atoms. The summed E-state index contributed by atoms with van der Waals surface area (Å²) in [6.07, 6.45) is 0.170. The Balaban J connectivity index is 2.28. The maximum absolute atomic E-state index is 5.61. The van der Waals surface area contributed by atoms with Crippen LogP contribution in [0.15, 0.2) is 0 Å². The van der Waals surface area contributed by atoms with Crippen molar-refractivity contribution in [2.45, 2.75) is 6.17 Å². The molecular formula is C5H12N3. The number of hydrogen-bond donors (Lipinski definition) is 1. The van der Waals surface area contributed by atoms with Crippen molar-refractivity contribution in [2.75, 3.05) is 26.7 Å². The molecular weight excluding hydrogens is 102 g/mol. The molecule has 3 heteroatoms. The Bertz CT molecular complexity index is 64.1. The monoisotopic (exact) mass is 114 g/mol. The zero-order valence-electron chi connectivity index (χ0n) is 5.17. The van der Waals surface area contributed by atoms with Crippen molar-refractivity contribution >= 4 is 0 Å². The van der Waals surface area contributed by atoms with Gasteiger partial charge in [0.15, 0.2) is 0 Å². The fraction of sp³-hybridized carbons (Fsp3) is 1.00. The van der Waals surface area contributed by atoms with E-state index in [0.29, 0.717) is 0 Å². The van der Waals surface area contributed by atoms with Crippen LogP contribution in [0.25, 0.3) is 0 Å². The summed E-state index contributed by atoms with van der Waals surface area (Å²) in [6.45, 7) is 2.77. The van der Waals surface area contributed by atoms with Crippen molar-refractivity contribution in [3.05, 3.63) is 0 Å². The van der Waals surface area contributed by atoms with Crippen LogP contribution < -0.4 is 11.1 Å². The standard InChI is InChI=1S/C5H12N3/c1-8-3-2-7-4-5(8)6/h5H,2-4,6H2,1H3. The summed E-state index contributed by atoms with van der Waals surface area (Å²) in [5.41, 5.74) is 5.61. The van der Waals surface area contributed by atoms with Crippen LogP contribution >= 0.6 is 0 Å². The molecule has 0 bridgehead atoms. The third-order valence-corrected chi connectivity index (χ3v) is 1.49. The number of nitrogens with zero attached hydrogens (tertiary/aromatic N) is 2. The number of hydrogen-bond acceptors (Lipinski definition) is 2. The topological polar surface area (TPSA) is 43.4 Å². The predicted octanol–water partition coefficient (Wildman–Crippen LogP) is -1.18. The molecule has 0 aliphatic carbocycles. The first-order chi connectivity index (χ1) is 3.80. The highest BCUT2D eigenvalue weighted by molar-refractivity contribution is 4.70. The van der Waals surface area contributed by atoms with Gasteiger partial charge in [0.1, 0.15) is 0 Å². The van der Waals surface area contributed by atoms with E-state index >= 15 is 0 Å². The highest BCUT2D eigenvalue weighted by atomic mass is 15.2. The van der Waals surface area contributed by atoms with Gasteiger partial charge in [0.25, 0.3) is 0 Å². The van der Waals surface area contributed by atoms with Gasteiger partial charge in [0.2, 0.25) is 0 Å². The zero-order chi connectivity index (χ0) is 5.98. The molecule has 0 aromatic rings. The van der Waals surface area contributed by atoms with Crippen LogP contribution in [-0.2, 0) is 0 Å². The average molecular weight is 114 g/mol. The van der Waals surface area contributed by atoms with Gasteiger partial charge < -0.3 is 5.73 Å². The van der Waals surface area contributed by atoms with Crippen LogP contribution in [0.4, 0.5) is 0 Å². The maximum atomic E-state index is 5.61. The first-order valence-corrected chi connectivity index (χ1v) is 2.90. The molecule has 2 N–H and O–H groups in total. The van der Waals surface area contributed by atoms with E-state index in [1.54, 1.807) is 0 Å². The van der Waals surface area contributed by atoms with Crippen molar-refractivity contribution in [1.82, 2.24) is 10.2 Å². The van der Waals surface area contributed by atoms with E-state index in [1.807, 2.05) is 7.05 Å². The molecule has 0 amide bonds. The van der Waals surface area contributed by atoms with Crippen LogP contribution in [-0.4, -0.2) is 37.7 Å². The van der Waals surface area contributed by atoms with Gasteiger partial charge in [-0.15, -0.1) is 0 Å². The van der Waals surface area contributed by atoms with Crippen LogP contribution in [0.1, 0.15) is 0 Å². The second kappa shape index (κ2) is 2.44. The molecule has 1 radical (unpaired) electrons. The minimum Gasteiger partial charge on any atom is -0.315 e. The quantitative estimate of drug-likeness (QED) is 0.431. The van der Waals surface area contributed by atoms with Crippen LogP contribution in [0, 0.1) is 0 Å². The number of piperazine rings is 1. The first-order valence-electron chi connectivity index (χ1n) is 2.90. The van der Waals surface area contributed by atoms with Crippen molar-refractivity contribution in [3.63, 3.8) is 0 Å². The minimum absolute atomic E-state index is 0.170. The van der Waals surface area contributed by atoms with E-state index in [-0.39, 0.29) is 6.17 Å². The summed E-state index contributed by atoms with van der Waals surface area (Å²) in [7, 11) is 2.03. The Morgan fingerprint density at radius 1 is 1.75 bits per heavy atom. The van der Waals surface area contributed by atoms with Crippen molar-refractivity contribution in [3.8, 4) is 0 Å². The SMILES string of the molecule is CN1CC[N]CC1N. The Kier molecular flexibility index (Phi) is 1.83. The summed E-state index contributed by atoms with van der Waals surface area (Å²) in [5, 5.41) is 4.14. The van der Waals surface area contributed by atoms with E-state index in [1.165, 1.54) is 0 Å². The number of likely N-dealkylation sites (N-methyl/N-ethyl adjacent to an activating group) is 1. The molecule has 1 aliphatic rings. The molecule has 1 aliphatic heterocycles. The molecule has 1 unspecified atom stereocenters. The molecule has 3 nitrogen and oxygen atoms in total. The molecule has 1 fully saturated rings.